The number of nitrogen functional groups attached to an aromatic ring is 1. The van der Waals surface area contributed by atoms with Crippen LogP contribution in [0, 0.1) is 0 Å². The molecule has 2 aromatic rings. The van der Waals surface area contributed by atoms with Crippen molar-refractivity contribution >= 4 is 5.82 Å². The molecule has 2 heterocycles. The Kier molecular flexibility index (Phi) is 3.48. The lowest BCUT2D eigenvalue weighted by Gasteiger charge is -2.26. The maximum Gasteiger partial charge on any atom is 0.131 e. The molecule has 1 aromatic heterocycles. The predicted octanol–water partition coefficient (Wildman–Crippen LogP) is 1.29. The number of aromatic nitrogens is 2. The van der Waals surface area contributed by atoms with Gasteiger partial charge in [0.15, 0.2) is 0 Å². The summed E-state index contributed by atoms with van der Waals surface area (Å²) in [4.78, 5) is 2.34. The molecule has 1 aliphatic rings. The van der Waals surface area contributed by atoms with E-state index in [1.54, 1.807) is 4.68 Å². The van der Waals surface area contributed by atoms with E-state index in [0.29, 0.717) is 0 Å². The Morgan fingerprint density at radius 1 is 1.16 bits per heavy atom. The molecule has 0 aliphatic carbocycles. The second kappa shape index (κ2) is 5.42. The van der Waals surface area contributed by atoms with Crippen LogP contribution < -0.4 is 5.73 Å². The average molecular weight is 258 g/mol. The van der Waals surface area contributed by atoms with Crippen LogP contribution in [0.25, 0.3) is 5.69 Å². The summed E-state index contributed by atoms with van der Waals surface area (Å²) in [5.41, 5.74) is 8.26. The SMILES string of the molecule is Nc1c(CN2CCOCC2)cnn1-c1ccccc1. The minimum atomic E-state index is 0.720. The van der Waals surface area contributed by atoms with Gasteiger partial charge in [-0.15, -0.1) is 0 Å². The fourth-order valence-corrected chi connectivity index (χ4v) is 2.29. The van der Waals surface area contributed by atoms with E-state index in [0.717, 1.165) is 49.9 Å². The van der Waals surface area contributed by atoms with E-state index < -0.39 is 0 Å². The van der Waals surface area contributed by atoms with Crippen molar-refractivity contribution in [3.05, 3.63) is 42.1 Å². The Hall–Kier alpha value is -1.85. The molecule has 0 bridgehead atoms. The molecule has 1 aliphatic heterocycles. The topological polar surface area (TPSA) is 56.3 Å². The number of benzene rings is 1. The lowest BCUT2D eigenvalue weighted by atomic mass is 10.2. The van der Waals surface area contributed by atoms with Crippen LogP contribution in [0.5, 0.6) is 0 Å². The van der Waals surface area contributed by atoms with Gasteiger partial charge < -0.3 is 10.5 Å². The molecule has 19 heavy (non-hydrogen) atoms. The molecule has 5 nitrogen and oxygen atoms in total. The molecule has 0 radical (unpaired) electrons. The zero-order valence-electron chi connectivity index (χ0n) is 10.8. The molecule has 0 amide bonds. The highest BCUT2D eigenvalue weighted by Gasteiger charge is 2.15. The number of ether oxygens (including phenoxy) is 1. The van der Waals surface area contributed by atoms with E-state index in [1.165, 1.54) is 0 Å². The van der Waals surface area contributed by atoms with Crippen molar-refractivity contribution in [3.63, 3.8) is 0 Å². The Morgan fingerprint density at radius 2 is 1.89 bits per heavy atom. The van der Waals surface area contributed by atoms with Crippen LogP contribution >= 0.6 is 0 Å². The van der Waals surface area contributed by atoms with E-state index in [1.807, 2.05) is 36.5 Å². The van der Waals surface area contributed by atoms with E-state index in [-0.39, 0.29) is 0 Å². The maximum absolute atomic E-state index is 6.20. The van der Waals surface area contributed by atoms with Crippen molar-refractivity contribution in [1.82, 2.24) is 14.7 Å². The Bertz CT molecular complexity index is 532. The molecule has 1 aromatic carbocycles. The highest BCUT2D eigenvalue weighted by atomic mass is 16.5. The third-order valence-corrected chi connectivity index (χ3v) is 3.38. The minimum absolute atomic E-state index is 0.720. The molecule has 0 saturated carbocycles. The Morgan fingerprint density at radius 3 is 2.63 bits per heavy atom. The highest BCUT2D eigenvalue weighted by molar-refractivity contribution is 5.46. The van der Waals surface area contributed by atoms with Crippen LogP contribution in [0.2, 0.25) is 0 Å². The first kappa shape index (κ1) is 12.2. The largest absolute Gasteiger partial charge is 0.383 e. The molecule has 2 N–H and O–H groups in total. The van der Waals surface area contributed by atoms with Gasteiger partial charge in [-0.25, -0.2) is 4.68 Å². The van der Waals surface area contributed by atoms with Crippen LogP contribution in [-0.4, -0.2) is 41.0 Å². The molecule has 3 rings (SSSR count). The van der Waals surface area contributed by atoms with Gasteiger partial charge in [0.1, 0.15) is 5.82 Å². The van der Waals surface area contributed by atoms with E-state index in [2.05, 4.69) is 10.00 Å². The molecule has 0 spiro atoms. The standard InChI is InChI=1S/C14H18N4O/c15-14-12(11-17-6-8-19-9-7-17)10-16-18(14)13-4-2-1-3-5-13/h1-5,10H,6-9,11,15H2. The first-order valence-electron chi connectivity index (χ1n) is 6.52. The molecular weight excluding hydrogens is 240 g/mol. The number of anilines is 1. The van der Waals surface area contributed by atoms with Gasteiger partial charge in [0, 0.05) is 25.2 Å². The fraction of sp³-hybridized carbons (Fsp3) is 0.357. The fourth-order valence-electron chi connectivity index (χ4n) is 2.29. The van der Waals surface area contributed by atoms with Crippen LogP contribution in [-0.2, 0) is 11.3 Å². The number of hydrogen-bond acceptors (Lipinski definition) is 4. The molecule has 1 fully saturated rings. The Labute approximate surface area is 112 Å². The highest BCUT2D eigenvalue weighted by Crippen LogP contribution is 2.18. The van der Waals surface area contributed by atoms with Crippen LogP contribution in [0.1, 0.15) is 5.56 Å². The first-order valence-corrected chi connectivity index (χ1v) is 6.52. The number of para-hydroxylation sites is 1. The summed E-state index contributed by atoms with van der Waals surface area (Å²) < 4.78 is 7.14. The third-order valence-electron chi connectivity index (χ3n) is 3.38. The minimum Gasteiger partial charge on any atom is -0.383 e. The predicted molar refractivity (Wildman–Crippen MR) is 74.1 cm³/mol. The molecule has 0 unspecified atom stereocenters. The van der Waals surface area contributed by atoms with Crippen LogP contribution in [0.3, 0.4) is 0 Å². The summed E-state index contributed by atoms with van der Waals surface area (Å²) in [7, 11) is 0. The van der Waals surface area contributed by atoms with Crippen LogP contribution in [0.4, 0.5) is 5.82 Å². The van der Waals surface area contributed by atoms with E-state index >= 15 is 0 Å². The van der Waals surface area contributed by atoms with Gasteiger partial charge in [-0.2, -0.15) is 5.10 Å². The van der Waals surface area contributed by atoms with Crippen molar-refractivity contribution in [1.29, 1.82) is 0 Å². The van der Waals surface area contributed by atoms with Gasteiger partial charge in [-0.1, -0.05) is 18.2 Å². The molecule has 100 valence electrons. The smallest absolute Gasteiger partial charge is 0.131 e. The first-order chi connectivity index (χ1) is 9.34. The summed E-state index contributed by atoms with van der Waals surface area (Å²) in [6.45, 7) is 4.34. The van der Waals surface area contributed by atoms with Crippen molar-refractivity contribution in [3.8, 4) is 5.69 Å². The number of nitrogens with two attached hydrogens (primary N) is 1. The average Bonchev–Trinajstić information content (AvgIpc) is 2.82. The van der Waals surface area contributed by atoms with Crippen molar-refractivity contribution in [2.24, 2.45) is 0 Å². The summed E-state index contributed by atoms with van der Waals surface area (Å²) in [5.74, 6) is 0.720. The van der Waals surface area contributed by atoms with Crippen molar-refractivity contribution in [2.75, 3.05) is 32.0 Å². The summed E-state index contributed by atoms with van der Waals surface area (Å²) in [6.07, 6.45) is 1.86. The molecule has 5 heteroatoms. The van der Waals surface area contributed by atoms with Gasteiger partial charge in [0.25, 0.3) is 0 Å². The number of rotatable bonds is 3. The lowest BCUT2D eigenvalue weighted by molar-refractivity contribution is 0.0343. The molecular formula is C14H18N4O. The van der Waals surface area contributed by atoms with E-state index in [9.17, 15) is 0 Å². The number of morpholine rings is 1. The maximum atomic E-state index is 6.20. The normalized spacial score (nSPS) is 16.6. The quantitative estimate of drug-likeness (QED) is 0.901. The second-order valence-electron chi connectivity index (χ2n) is 4.69. The van der Waals surface area contributed by atoms with Gasteiger partial charge in [0.05, 0.1) is 25.1 Å². The zero-order chi connectivity index (χ0) is 13.1. The molecule has 0 atom stereocenters. The van der Waals surface area contributed by atoms with Crippen molar-refractivity contribution in [2.45, 2.75) is 6.54 Å². The van der Waals surface area contributed by atoms with E-state index in [4.69, 9.17) is 10.5 Å². The zero-order valence-corrected chi connectivity index (χ0v) is 10.8. The van der Waals surface area contributed by atoms with Crippen LogP contribution in [0.15, 0.2) is 36.5 Å². The van der Waals surface area contributed by atoms with Gasteiger partial charge in [-0.05, 0) is 12.1 Å². The number of hydrogen-bond donors (Lipinski definition) is 1. The van der Waals surface area contributed by atoms with Gasteiger partial charge in [-0.3, -0.25) is 4.90 Å². The monoisotopic (exact) mass is 258 g/mol. The third kappa shape index (κ3) is 2.62. The molecule has 1 saturated heterocycles. The number of nitrogens with zero attached hydrogens (tertiary/aromatic N) is 3. The van der Waals surface area contributed by atoms with Crippen molar-refractivity contribution < 1.29 is 4.74 Å². The summed E-state index contributed by atoms with van der Waals surface area (Å²) in [5, 5.41) is 4.39. The van der Waals surface area contributed by atoms with Gasteiger partial charge >= 0.3 is 0 Å². The lowest BCUT2D eigenvalue weighted by Crippen LogP contribution is -2.35. The summed E-state index contributed by atoms with van der Waals surface area (Å²) in [6, 6.07) is 9.96. The summed E-state index contributed by atoms with van der Waals surface area (Å²) >= 11 is 0. The van der Waals surface area contributed by atoms with Gasteiger partial charge in [0.2, 0.25) is 0 Å². The Balaban J connectivity index is 1.79. The second-order valence-corrected chi connectivity index (χ2v) is 4.69.